The molecule has 0 aromatic heterocycles. The van der Waals surface area contributed by atoms with Crippen molar-refractivity contribution in [3.05, 3.63) is 77.4 Å². The fraction of sp³-hybridized carbons (Fsp3) is 0.103. The Morgan fingerprint density at radius 3 is 2.06 bits per heavy atom. The van der Waals surface area contributed by atoms with Gasteiger partial charge in [-0.05, 0) is 48.5 Å². The summed E-state index contributed by atoms with van der Waals surface area (Å²) < 4.78 is 54.8. The molecule has 0 radical (unpaired) electrons. The van der Waals surface area contributed by atoms with Gasteiger partial charge in [0.15, 0.2) is 0 Å². The maximum absolute atomic E-state index is 13.1. The van der Waals surface area contributed by atoms with Gasteiger partial charge in [0.1, 0.15) is 17.5 Å². The number of carbonyl (C=O) groups excluding carboxylic acids is 1. The van der Waals surface area contributed by atoms with Crippen molar-refractivity contribution >= 4 is 77.1 Å². The quantitative estimate of drug-likeness (QED) is 0.0929. The van der Waals surface area contributed by atoms with E-state index in [-0.39, 0.29) is 56.9 Å². The van der Waals surface area contributed by atoms with Crippen molar-refractivity contribution in [3.63, 3.8) is 0 Å². The van der Waals surface area contributed by atoms with Crippen molar-refractivity contribution < 1.29 is 46.5 Å². The van der Waals surface area contributed by atoms with Crippen LogP contribution in [0.15, 0.2) is 75.8 Å². The monoisotopic (exact) mass is 680 g/mol. The molecular weight excluding hydrogens is 656 g/mol. The highest BCUT2D eigenvalue weighted by Crippen LogP contribution is 2.43. The van der Waals surface area contributed by atoms with Crippen LogP contribution in [0.3, 0.4) is 0 Å². The number of nitrogens with zero attached hydrogens (tertiary/aromatic N) is 3. The Morgan fingerprint density at radius 1 is 0.851 bits per heavy atom. The molecule has 4 aromatic carbocycles. The number of carbonyl (C=O) groups is 3. The minimum atomic E-state index is -4.48. The predicted molar refractivity (Wildman–Crippen MR) is 170 cm³/mol. The number of hydrogen-bond donors (Lipinski definition) is 6. The summed E-state index contributed by atoms with van der Waals surface area (Å²) in [5.74, 6) is -3.80. The average Bonchev–Trinajstić information content (AvgIpc) is 3.00. The molecule has 0 aliphatic heterocycles. The normalized spacial score (nSPS) is 11.6. The molecule has 6 N–H and O–H groups in total. The van der Waals surface area contributed by atoms with E-state index in [4.69, 9.17) is 0 Å². The first-order valence-electron chi connectivity index (χ1n) is 13.2. The third kappa shape index (κ3) is 7.78. The van der Waals surface area contributed by atoms with Crippen molar-refractivity contribution in [2.75, 3.05) is 21.0 Å². The lowest BCUT2D eigenvalue weighted by Gasteiger charge is -2.15. The van der Waals surface area contributed by atoms with Crippen LogP contribution in [0, 0.1) is 11.3 Å². The third-order valence-electron chi connectivity index (χ3n) is 6.35. The van der Waals surface area contributed by atoms with Gasteiger partial charge in [0.2, 0.25) is 15.9 Å². The van der Waals surface area contributed by atoms with E-state index < -0.39 is 53.9 Å². The van der Waals surface area contributed by atoms with E-state index in [1.54, 1.807) is 13.0 Å². The Balaban J connectivity index is 1.79. The molecule has 0 aliphatic rings. The standard InChI is InChI=1S/C29H24N6O10S2/c1-3-25(36)31-24-13-23(26-20(27(24)37)5-4-6-22(26)35-46(2,42)43)33-32-21-8-7-19(12-17(21)14-30)47(44,45)34-18-10-15(28(38)39)9-16(11-18)29(40)41/h4-13,34-35,37H,3H2,1-2H3,(H,31,36)(H,38,39)(H,40,41)/b33-32+. The zero-order chi connectivity index (χ0) is 34.7. The van der Waals surface area contributed by atoms with E-state index in [1.807, 2.05) is 0 Å². The van der Waals surface area contributed by atoms with Crippen molar-refractivity contribution in [2.45, 2.75) is 18.2 Å². The Kier molecular flexibility index (Phi) is 9.44. The molecule has 0 unspecified atom stereocenters. The largest absolute Gasteiger partial charge is 0.505 e. The van der Waals surface area contributed by atoms with Crippen LogP contribution >= 0.6 is 0 Å². The molecule has 4 aromatic rings. The maximum atomic E-state index is 13.1. The van der Waals surface area contributed by atoms with Gasteiger partial charge in [0.05, 0.1) is 50.6 Å². The molecule has 0 atom stereocenters. The molecule has 242 valence electrons. The van der Waals surface area contributed by atoms with Crippen LogP contribution < -0.4 is 14.8 Å². The van der Waals surface area contributed by atoms with Gasteiger partial charge in [-0.3, -0.25) is 14.2 Å². The smallest absolute Gasteiger partial charge is 0.335 e. The first kappa shape index (κ1) is 33.8. The number of rotatable bonds is 11. The lowest BCUT2D eigenvalue weighted by Crippen LogP contribution is -2.14. The summed E-state index contributed by atoms with van der Waals surface area (Å²) in [7, 11) is -8.29. The second-order valence-corrected chi connectivity index (χ2v) is 13.2. The van der Waals surface area contributed by atoms with Crippen LogP contribution in [-0.2, 0) is 24.8 Å². The van der Waals surface area contributed by atoms with Gasteiger partial charge in [0, 0.05) is 17.2 Å². The van der Waals surface area contributed by atoms with Crippen molar-refractivity contribution in [2.24, 2.45) is 10.2 Å². The van der Waals surface area contributed by atoms with E-state index in [0.29, 0.717) is 0 Å². The van der Waals surface area contributed by atoms with Crippen molar-refractivity contribution in [1.29, 1.82) is 5.26 Å². The van der Waals surface area contributed by atoms with E-state index in [1.165, 1.54) is 24.3 Å². The molecule has 4 rings (SSSR count). The molecule has 1 amide bonds. The molecule has 0 saturated heterocycles. The van der Waals surface area contributed by atoms with Crippen LogP contribution in [0.2, 0.25) is 0 Å². The average molecular weight is 681 g/mol. The number of fused-ring (bicyclic) bond motifs is 1. The number of carboxylic acid groups (broad SMARTS) is 2. The number of phenolic OH excluding ortho intramolecular Hbond substituents is 1. The topological polar surface area (TPSA) is 265 Å². The van der Waals surface area contributed by atoms with Gasteiger partial charge in [0.25, 0.3) is 10.0 Å². The second-order valence-electron chi connectivity index (χ2n) is 9.80. The number of anilines is 3. The van der Waals surface area contributed by atoms with E-state index in [0.717, 1.165) is 42.7 Å². The number of nitriles is 1. The van der Waals surface area contributed by atoms with Crippen LogP contribution in [0.5, 0.6) is 5.75 Å². The first-order chi connectivity index (χ1) is 22.0. The SMILES string of the molecule is CCC(=O)Nc1cc(/N=N/c2ccc(S(=O)(=O)Nc3cc(C(=O)O)cc(C(=O)O)c3)cc2C#N)c2c(NS(C)(=O)=O)cccc2c1O. The number of sulfonamides is 2. The van der Waals surface area contributed by atoms with Gasteiger partial charge in [-0.2, -0.15) is 5.26 Å². The summed E-state index contributed by atoms with van der Waals surface area (Å²) in [4.78, 5) is 34.5. The fourth-order valence-electron chi connectivity index (χ4n) is 4.26. The lowest BCUT2D eigenvalue weighted by molar-refractivity contribution is -0.115. The summed E-state index contributed by atoms with van der Waals surface area (Å²) in [6.07, 6.45) is 0.992. The highest BCUT2D eigenvalue weighted by atomic mass is 32.2. The minimum absolute atomic E-state index is 0.0219. The highest BCUT2D eigenvalue weighted by molar-refractivity contribution is 7.92. The Morgan fingerprint density at radius 2 is 1.49 bits per heavy atom. The van der Waals surface area contributed by atoms with E-state index in [2.05, 4.69) is 25.0 Å². The predicted octanol–water partition coefficient (Wildman–Crippen LogP) is 4.75. The van der Waals surface area contributed by atoms with Crippen molar-refractivity contribution in [3.8, 4) is 11.8 Å². The van der Waals surface area contributed by atoms with Gasteiger partial charge in [-0.15, -0.1) is 10.2 Å². The fourth-order valence-corrected chi connectivity index (χ4v) is 5.90. The molecule has 47 heavy (non-hydrogen) atoms. The summed E-state index contributed by atoms with van der Waals surface area (Å²) in [6, 6.07) is 13.2. The number of azo groups is 1. The molecule has 0 heterocycles. The molecule has 0 aliphatic carbocycles. The molecule has 0 spiro atoms. The van der Waals surface area contributed by atoms with Crippen molar-refractivity contribution in [1.82, 2.24) is 0 Å². The van der Waals surface area contributed by atoms with Gasteiger partial charge in [-0.25, -0.2) is 26.4 Å². The zero-order valence-electron chi connectivity index (χ0n) is 24.3. The number of aromatic carboxylic acids is 2. The maximum Gasteiger partial charge on any atom is 0.335 e. The zero-order valence-corrected chi connectivity index (χ0v) is 26.0. The highest BCUT2D eigenvalue weighted by Gasteiger charge is 2.21. The third-order valence-corrected chi connectivity index (χ3v) is 8.32. The number of amides is 1. The Hall–Kier alpha value is -6.06. The number of phenols is 1. The summed E-state index contributed by atoms with van der Waals surface area (Å²) >= 11 is 0. The number of carboxylic acids is 2. The molecule has 16 nitrogen and oxygen atoms in total. The summed E-state index contributed by atoms with van der Waals surface area (Å²) in [5, 5.41) is 50.2. The van der Waals surface area contributed by atoms with Crippen LogP contribution in [0.25, 0.3) is 10.8 Å². The van der Waals surface area contributed by atoms with Crippen LogP contribution in [-0.4, -0.2) is 56.3 Å². The number of benzene rings is 4. The molecule has 0 fully saturated rings. The second kappa shape index (κ2) is 13.1. The van der Waals surface area contributed by atoms with Gasteiger partial charge >= 0.3 is 11.9 Å². The number of nitrogens with one attached hydrogen (secondary N) is 3. The lowest BCUT2D eigenvalue weighted by atomic mass is 10.0. The number of aromatic hydroxyl groups is 1. The van der Waals surface area contributed by atoms with E-state index in [9.17, 15) is 51.8 Å². The summed E-state index contributed by atoms with van der Waals surface area (Å²) in [6.45, 7) is 1.59. The number of hydrogen-bond acceptors (Lipinski definition) is 11. The van der Waals surface area contributed by atoms with Crippen LogP contribution in [0.1, 0.15) is 39.6 Å². The Bertz CT molecular complexity index is 2230. The van der Waals surface area contributed by atoms with Crippen LogP contribution in [0.4, 0.5) is 28.4 Å². The molecule has 0 bridgehead atoms. The van der Waals surface area contributed by atoms with Gasteiger partial charge in [-0.1, -0.05) is 19.1 Å². The molecular formula is C29H24N6O10S2. The van der Waals surface area contributed by atoms with E-state index >= 15 is 0 Å². The Labute approximate surface area is 267 Å². The minimum Gasteiger partial charge on any atom is -0.505 e. The molecule has 0 saturated carbocycles. The first-order valence-corrected chi connectivity index (χ1v) is 16.6. The summed E-state index contributed by atoms with van der Waals surface area (Å²) in [5.41, 5.74) is -1.79. The molecule has 18 heteroatoms. The van der Waals surface area contributed by atoms with Gasteiger partial charge < -0.3 is 20.6 Å².